The summed E-state index contributed by atoms with van der Waals surface area (Å²) in [5, 5.41) is 4.08. The maximum atomic E-state index is 13.2. The Bertz CT molecular complexity index is 1220. The number of hydrogen-bond acceptors (Lipinski definition) is 3. The SMILES string of the molecule is CCOc1ccc([C@H](CNC(=O)c2ccc(F)cc2)c2c[nH]c3ccccc23)cc1OC. The first-order chi connectivity index (χ1) is 15.6. The van der Waals surface area contributed by atoms with Crippen molar-refractivity contribution in [1.82, 2.24) is 10.3 Å². The molecule has 2 N–H and O–H groups in total. The Morgan fingerprint density at radius 1 is 1.06 bits per heavy atom. The van der Waals surface area contributed by atoms with Crippen LogP contribution in [0.2, 0.25) is 0 Å². The number of methoxy groups -OCH3 is 1. The van der Waals surface area contributed by atoms with Gasteiger partial charge >= 0.3 is 0 Å². The van der Waals surface area contributed by atoms with Gasteiger partial charge in [-0.05, 0) is 60.5 Å². The second kappa shape index (κ2) is 9.56. The van der Waals surface area contributed by atoms with Crippen LogP contribution in [0.3, 0.4) is 0 Å². The van der Waals surface area contributed by atoms with Crippen LogP contribution in [0.1, 0.15) is 34.3 Å². The zero-order valence-electron chi connectivity index (χ0n) is 18.0. The number of rotatable bonds is 8. The predicted octanol–water partition coefficient (Wildman–Crippen LogP) is 5.28. The molecule has 1 atom stereocenters. The molecular formula is C26H25FN2O3. The number of nitrogens with one attached hydrogen (secondary N) is 2. The Labute approximate surface area is 186 Å². The molecule has 4 aromatic rings. The van der Waals surface area contributed by atoms with Crippen molar-refractivity contribution in [2.24, 2.45) is 0 Å². The van der Waals surface area contributed by atoms with E-state index in [0.29, 0.717) is 30.2 Å². The van der Waals surface area contributed by atoms with Gasteiger partial charge in [-0.25, -0.2) is 4.39 Å². The van der Waals surface area contributed by atoms with Crippen LogP contribution >= 0.6 is 0 Å². The molecule has 0 bridgehead atoms. The van der Waals surface area contributed by atoms with Gasteiger partial charge < -0.3 is 19.8 Å². The van der Waals surface area contributed by atoms with E-state index in [1.54, 1.807) is 7.11 Å². The maximum absolute atomic E-state index is 13.2. The topological polar surface area (TPSA) is 63.3 Å². The lowest BCUT2D eigenvalue weighted by molar-refractivity contribution is 0.0952. The average molecular weight is 432 g/mol. The second-order valence-electron chi connectivity index (χ2n) is 7.40. The molecule has 0 unspecified atom stereocenters. The zero-order valence-corrected chi connectivity index (χ0v) is 18.0. The fourth-order valence-electron chi connectivity index (χ4n) is 3.86. The van der Waals surface area contributed by atoms with Crippen LogP contribution in [0.4, 0.5) is 4.39 Å². The third-order valence-corrected chi connectivity index (χ3v) is 5.46. The van der Waals surface area contributed by atoms with E-state index < -0.39 is 0 Å². The lowest BCUT2D eigenvalue weighted by atomic mass is 9.90. The van der Waals surface area contributed by atoms with Crippen molar-refractivity contribution in [3.8, 4) is 11.5 Å². The standard InChI is InChI=1S/C26H25FN2O3/c1-3-32-24-13-10-18(14-25(24)31-2)21(22-16-28-23-7-5-4-6-20(22)23)15-29-26(30)17-8-11-19(27)12-9-17/h4-14,16,21,28H,3,15H2,1-2H3,(H,29,30)/t21-/m0/s1. The van der Waals surface area contributed by atoms with Gasteiger partial charge in [-0.3, -0.25) is 4.79 Å². The lowest BCUT2D eigenvalue weighted by Gasteiger charge is -2.20. The summed E-state index contributed by atoms with van der Waals surface area (Å²) in [6.45, 7) is 2.82. The van der Waals surface area contributed by atoms with Crippen molar-refractivity contribution in [1.29, 1.82) is 0 Å². The first-order valence-corrected chi connectivity index (χ1v) is 10.5. The molecule has 164 valence electrons. The third-order valence-electron chi connectivity index (χ3n) is 5.46. The number of ether oxygens (including phenoxy) is 2. The quantitative estimate of drug-likeness (QED) is 0.398. The molecule has 0 aliphatic carbocycles. The third kappa shape index (κ3) is 4.44. The zero-order chi connectivity index (χ0) is 22.5. The van der Waals surface area contributed by atoms with Crippen LogP contribution in [0, 0.1) is 5.82 Å². The molecule has 0 fully saturated rings. The number of aromatic nitrogens is 1. The minimum absolute atomic E-state index is 0.139. The first kappa shape index (κ1) is 21.4. The van der Waals surface area contributed by atoms with Gasteiger partial charge in [-0.2, -0.15) is 0 Å². The van der Waals surface area contributed by atoms with Crippen LogP contribution in [-0.4, -0.2) is 31.2 Å². The molecule has 0 spiro atoms. The van der Waals surface area contributed by atoms with Crippen molar-refractivity contribution in [3.05, 3.63) is 95.4 Å². The highest BCUT2D eigenvalue weighted by molar-refractivity contribution is 5.94. The summed E-state index contributed by atoms with van der Waals surface area (Å²) in [5.74, 6) is 0.540. The minimum Gasteiger partial charge on any atom is -0.493 e. The van der Waals surface area contributed by atoms with Crippen LogP contribution in [0.25, 0.3) is 10.9 Å². The largest absolute Gasteiger partial charge is 0.493 e. The molecule has 0 aliphatic rings. The maximum Gasteiger partial charge on any atom is 0.251 e. The van der Waals surface area contributed by atoms with Crippen molar-refractivity contribution in [2.75, 3.05) is 20.3 Å². The molecule has 1 heterocycles. The van der Waals surface area contributed by atoms with E-state index in [1.807, 2.05) is 49.5 Å². The summed E-state index contributed by atoms with van der Waals surface area (Å²) in [5.41, 5.74) is 3.48. The fraction of sp³-hybridized carbons (Fsp3) is 0.192. The molecule has 0 radical (unpaired) electrons. The number of aromatic amines is 1. The van der Waals surface area contributed by atoms with Gasteiger partial charge in [0.1, 0.15) is 5.82 Å². The number of H-pyrrole nitrogens is 1. The highest BCUT2D eigenvalue weighted by Crippen LogP contribution is 2.35. The molecule has 0 saturated heterocycles. The average Bonchev–Trinajstić information content (AvgIpc) is 3.24. The fourth-order valence-corrected chi connectivity index (χ4v) is 3.86. The number of fused-ring (bicyclic) bond motifs is 1. The molecule has 5 nitrogen and oxygen atoms in total. The number of carbonyl (C=O) groups is 1. The van der Waals surface area contributed by atoms with E-state index in [4.69, 9.17) is 9.47 Å². The Balaban J connectivity index is 1.69. The van der Waals surface area contributed by atoms with Crippen molar-refractivity contribution in [3.63, 3.8) is 0 Å². The number of benzene rings is 3. The molecule has 4 rings (SSSR count). The lowest BCUT2D eigenvalue weighted by Crippen LogP contribution is -2.29. The molecule has 1 amide bonds. The highest BCUT2D eigenvalue weighted by Gasteiger charge is 2.21. The van der Waals surface area contributed by atoms with Gasteiger partial charge in [0.25, 0.3) is 5.91 Å². The molecule has 0 saturated carbocycles. The molecule has 32 heavy (non-hydrogen) atoms. The van der Waals surface area contributed by atoms with Gasteiger partial charge in [0.15, 0.2) is 11.5 Å². The van der Waals surface area contributed by atoms with Crippen molar-refractivity contribution < 1.29 is 18.7 Å². The van der Waals surface area contributed by atoms with Crippen LogP contribution in [0.15, 0.2) is 72.9 Å². The van der Waals surface area contributed by atoms with Crippen molar-refractivity contribution >= 4 is 16.8 Å². The predicted molar refractivity (Wildman–Crippen MR) is 123 cm³/mol. The Kier molecular flexibility index (Phi) is 6.40. The monoisotopic (exact) mass is 432 g/mol. The Morgan fingerprint density at radius 3 is 2.59 bits per heavy atom. The van der Waals surface area contributed by atoms with Gasteiger partial charge in [-0.1, -0.05) is 24.3 Å². The first-order valence-electron chi connectivity index (χ1n) is 10.5. The van der Waals surface area contributed by atoms with E-state index in [1.165, 1.54) is 24.3 Å². The molecule has 3 aromatic carbocycles. The van der Waals surface area contributed by atoms with Gasteiger partial charge in [-0.15, -0.1) is 0 Å². The van der Waals surface area contributed by atoms with Crippen LogP contribution in [-0.2, 0) is 0 Å². The normalized spacial score (nSPS) is 11.8. The van der Waals surface area contributed by atoms with E-state index >= 15 is 0 Å². The van der Waals surface area contributed by atoms with E-state index in [0.717, 1.165) is 22.0 Å². The van der Waals surface area contributed by atoms with E-state index in [-0.39, 0.29) is 17.6 Å². The molecule has 1 aromatic heterocycles. The second-order valence-corrected chi connectivity index (χ2v) is 7.40. The number of halogens is 1. The Morgan fingerprint density at radius 2 is 1.84 bits per heavy atom. The number of carbonyl (C=O) groups excluding carboxylic acids is 1. The molecular weight excluding hydrogens is 407 g/mol. The number of amides is 1. The summed E-state index contributed by atoms with van der Waals surface area (Å²) in [6.07, 6.45) is 1.97. The summed E-state index contributed by atoms with van der Waals surface area (Å²) in [4.78, 5) is 16.0. The van der Waals surface area contributed by atoms with Crippen LogP contribution < -0.4 is 14.8 Å². The smallest absolute Gasteiger partial charge is 0.251 e. The Hall–Kier alpha value is -3.80. The number of hydrogen-bond donors (Lipinski definition) is 2. The van der Waals surface area contributed by atoms with Crippen molar-refractivity contribution in [2.45, 2.75) is 12.8 Å². The molecule has 6 heteroatoms. The van der Waals surface area contributed by atoms with E-state index in [2.05, 4.69) is 16.4 Å². The van der Waals surface area contributed by atoms with Crippen LogP contribution in [0.5, 0.6) is 11.5 Å². The summed E-state index contributed by atoms with van der Waals surface area (Å²) in [6, 6.07) is 19.4. The minimum atomic E-state index is -0.375. The summed E-state index contributed by atoms with van der Waals surface area (Å²) >= 11 is 0. The van der Waals surface area contributed by atoms with Gasteiger partial charge in [0, 0.05) is 35.1 Å². The summed E-state index contributed by atoms with van der Waals surface area (Å²) < 4.78 is 24.4. The summed E-state index contributed by atoms with van der Waals surface area (Å²) in [7, 11) is 1.61. The van der Waals surface area contributed by atoms with Gasteiger partial charge in [0.2, 0.25) is 0 Å². The number of para-hydroxylation sites is 1. The molecule has 0 aliphatic heterocycles. The highest BCUT2D eigenvalue weighted by atomic mass is 19.1. The van der Waals surface area contributed by atoms with Gasteiger partial charge in [0.05, 0.1) is 13.7 Å². The van der Waals surface area contributed by atoms with E-state index in [9.17, 15) is 9.18 Å².